The molecular formula is C34H45N5O3. The van der Waals surface area contributed by atoms with E-state index in [0.29, 0.717) is 5.56 Å². The molecule has 0 atom stereocenters. The van der Waals surface area contributed by atoms with Crippen molar-refractivity contribution in [3.05, 3.63) is 53.7 Å². The first-order valence-electron chi connectivity index (χ1n) is 15.8. The predicted octanol–water partition coefficient (Wildman–Crippen LogP) is 6.89. The highest BCUT2D eigenvalue weighted by atomic mass is 16.5. The lowest BCUT2D eigenvalue weighted by molar-refractivity contribution is 0.0600. The molecule has 1 amide bonds. The summed E-state index contributed by atoms with van der Waals surface area (Å²) in [6, 6.07) is 11.6. The topological polar surface area (TPSA) is 83.5 Å². The summed E-state index contributed by atoms with van der Waals surface area (Å²) in [5.41, 5.74) is 4.94. The zero-order valence-corrected chi connectivity index (χ0v) is 25.5. The van der Waals surface area contributed by atoms with Gasteiger partial charge in [-0.2, -0.15) is 0 Å². The second-order valence-corrected chi connectivity index (χ2v) is 11.5. The fourth-order valence-electron chi connectivity index (χ4n) is 6.07. The normalized spacial score (nSPS) is 14.1. The van der Waals surface area contributed by atoms with Gasteiger partial charge in [-0.25, -0.2) is 9.78 Å². The molecule has 1 N–H and O–H groups in total. The number of nitrogens with zero attached hydrogens (tertiary/aromatic N) is 4. The molecule has 1 fully saturated rings. The number of unbranched alkanes of at least 4 members (excludes halogenated alkanes) is 2. The zero-order valence-electron chi connectivity index (χ0n) is 25.5. The average Bonchev–Trinajstić information content (AvgIpc) is 3.61. The molecule has 1 saturated heterocycles. The van der Waals surface area contributed by atoms with Gasteiger partial charge in [0.2, 0.25) is 0 Å². The number of piperidine rings is 1. The van der Waals surface area contributed by atoms with Crippen molar-refractivity contribution >= 4 is 33.8 Å². The molecule has 0 saturated carbocycles. The molecule has 0 spiro atoms. The van der Waals surface area contributed by atoms with Crippen LogP contribution in [-0.2, 0) is 11.3 Å². The number of amides is 1. The van der Waals surface area contributed by atoms with Crippen LogP contribution in [0.15, 0.2) is 42.6 Å². The third-order valence-corrected chi connectivity index (χ3v) is 8.49. The Morgan fingerprint density at radius 2 is 1.67 bits per heavy atom. The van der Waals surface area contributed by atoms with E-state index in [1.54, 1.807) is 6.07 Å². The number of aryl methyl sites for hydroxylation is 1. The lowest BCUT2D eigenvalue weighted by Gasteiger charge is -2.26. The van der Waals surface area contributed by atoms with E-state index >= 15 is 0 Å². The van der Waals surface area contributed by atoms with Gasteiger partial charge in [-0.05, 0) is 82.1 Å². The number of hydrogen-bond donors (Lipinski definition) is 1. The van der Waals surface area contributed by atoms with Crippen LogP contribution in [0.4, 0.5) is 0 Å². The molecule has 2 aromatic carbocycles. The molecule has 0 aliphatic carbocycles. The largest absolute Gasteiger partial charge is 0.465 e. The van der Waals surface area contributed by atoms with Crippen LogP contribution in [-0.4, -0.2) is 76.0 Å². The van der Waals surface area contributed by atoms with E-state index < -0.39 is 0 Å². The quantitative estimate of drug-likeness (QED) is 0.177. The molecule has 42 heavy (non-hydrogen) atoms. The SMILES string of the molecule is CCCCN(CCCC)C(=O)c1ccc2nc(-c3c[nH]c4cc(C(=O)OC)ccc34)n(CCCN3CCCCC3)c2c1. The molecule has 1 aliphatic rings. The number of esters is 1. The summed E-state index contributed by atoms with van der Waals surface area (Å²) in [5, 5.41) is 0.997. The second-order valence-electron chi connectivity index (χ2n) is 11.5. The van der Waals surface area contributed by atoms with Crippen LogP contribution in [0.2, 0.25) is 0 Å². The number of aromatic nitrogens is 3. The minimum absolute atomic E-state index is 0.101. The van der Waals surface area contributed by atoms with Crippen LogP contribution in [0.3, 0.4) is 0 Å². The summed E-state index contributed by atoms with van der Waals surface area (Å²) in [4.78, 5) is 38.8. The van der Waals surface area contributed by atoms with Gasteiger partial charge in [-0.1, -0.05) is 39.2 Å². The van der Waals surface area contributed by atoms with E-state index in [9.17, 15) is 9.59 Å². The molecule has 8 nitrogen and oxygen atoms in total. The van der Waals surface area contributed by atoms with Gasteiger partial charge in [-0.15, -0.1) is 0 Å². The Bertz CT molecular complexity index is 1510. The van der Waals surface area contributed by atoms with Crippen LogP contribution < -0.4 is 0 Å². The minimum atomic E-state index is -0.359. The first kappa shape index (κ1) is 29.8. The van der Waals surface area contributed by atoms with Crippen LogP contribution in [0.5, 0.6) is 0 Å². The monoisotopic (exact) mass is 571 g/mol. The number of imidazole rings is 1. The summed E-state index contributed by atoms with van der Waals surface area (Å²) in [6.45, 7) is 10.1. The van der Waals surface area contributed by atoms with E-state index in [0.717, 1.165) is 97.2 Å². The van der Waals surface area contributed by atoms with E-state index in [1.807, 2.05) is 41.4 Å². The molecular weight excluding hydrogens is 526 g/mol. The van der Waals surface area contributed by atoms with Crippen molar-refractivity contribution in [1.29, 1.82) is 0 Å². The lowest BCUT2D eigenvalue weighted by atomic mass is 10.1. The molecule has 1 aliphatic heterocycles. The number of hydrogen-bond acceptors (Lipinski definition) is 5. The molecule has 3 heterocycles. The maximum atomic E-state index is 13.7. The van der Waals surface area contributed by atoms with Crippen molar-refractivity contribution in [2.75, 3.05) is 39.8 Å². The second kappa shape index (κ2) is 14.0. The fraction of sp³-hybridized carbons (Fsp3) is 0.500. The third-order valence-electron chi connectivity index (χ3n) is 8.49. The molecule has 0 bridgehead atoms. The maximum Gasteiger partial charge on any atom is 0.337 e. The number of ether oxygens (including phenoxy) is 1. The minimum Gasteiger partial charge on any atom is -0.465 e. The highest BCUT2D eigenvalue weighted by molar-refractivity contribution is 6.01. The number of rotatable bonds is 13. The molecule has 2 aromatic heterocycles. The Kier molecular flexibility index (Phi) is 9.95. The van der Waals surface area contributed by atoms with E-state index in [4.69, 9.17) is 9.72 Å². The predicted molar refractivity (Wildman–Crippen MR) is 169 cm³/mol. The smallest absolute Gasteiger partial charge is 0.337 e. The number of fused-ring (bicyclic) bond motifs is 2. The summed E-state index contributed by atoms with van der Waals surface area (Å²) in [6.07, 6.45) is 11.0. The summed E-state index contributed by atoms with van der Waals surface area (Å²) >= 11 is 0. The van der Waals surface area contributed by atoms with Crippen molar-refractivity contribution in [1.82, 2.24) is 24.3 Å². The van der Waals surface area contributed by atoms with Crippen molar-refractivity contribution in [2.45, 2.75) is 71.8 Å². The van der Waals surface area contributed by atoms with Crippen molar-refractivity contribution < 1.29 is 14.3 Å². The Hall–Kier alpha value is -3.65. The molecule has 5 rings (SSSR count). The number of methoxy groups -OCH3 is 1. The first-order chi connectivity index (χ1) is 20.5. The van der Waals surface area contributed by atoms with Crippen LogP contribution >= 0.6 is 0 Å². The highest BCUT2D eigenvalue weighted by Gasteiger charge is 2.21. The molecule has 4 aromatic rings. The van der Waals surface area contributed by atoms with E-state index in [1.165, 1.54) is 39.5 Å². The molecule has 224 valence electrons. The Labute approximate surface area is 249 Å². The summed E-state index contributed by atoms with van der Waals surface area (Å²) in [5.74, 6) is 0.616. The summed E-state index contributed by atoms with van der Waals surface area (Å²) < 4.78 is 7.20. The number of nitrogens with one attached hydrogen (secondary N) is 1. The Morgan fingerprint density at radius 1 is 0.929 bits per heavy atom. The van der Waals surface area contributed by atoms with Gasteiger partial charge in [0.25, 0.3) is 5.91 Å². The van der Waals surface area contributed by atoms with Gasteiger partial charge in [0.15, 0.2) is 0 Å². The van der Waals surface area contributed by atoms with Crippen LogP contribution in [0, 0.1) is 0 Å². The van der Waals surface area contributed by atoms with Crippen LogP contribution in [0.25, 0.3) is 33.3 Å². The molecule has 0 radical (unpaired) electrons. The van der Waals surface area contributed by atoms with Crippen molar-refractivity contribution in [2.24, 2.45) is 0 Å². The van der Waals surface area contributed by atoms with Gasteiger partial charge in [0.05, 0.1) is 23.7 Å². The molecule has 0 unspecified atom stereocenters. The number of likely N-dealkylation sites (tertiary alicyclic amines) is 1. The van der Waals surface area contributed by atoms with E-state index in [2.05, 4.69) is 28.3 Å². The zero-order chi connectivity index (χ0) is 29.5. The van der Waals surface area contributed by atoms with Crippen molar-refractivity contribution in [3.63, 3.8) is 0 Å². The van der Waals surface area contributed by atoms with Crippen molar-refractivity contribution in [3.8, 4) is 11.4 Å². The van der Waals surface area contributed by atoms with Gasteiger partial charge in [0, 0.05) is 47.9 Å². The maximum absolute atomic E-state index is 13.7. The molecule has 8 heteroatoms. The Morgan fingerprint density at radius 3 is 2.38 bits per heavy atom. The lowest BCUT2D eigenvalue weighted by Crippen LogP contribution is -2.33. The number of aromatic amines is 1. The van der Waals surface area contributed by atoms with Gasteiger partial charge in [-0.3, -0.25) is 4.79 Å². The van der Waals surface area contributed by atoms with Crippen LogP contribution in [0.1, 0.15) is 85.9 Å². The Balaban J connectivity index is 1.52. The van der Waals surface area contributed by atoms with E-state index in [-0.39, 0.29) is 11.9 Å². The fourth-order valence-corrected chi connectivity index (χ4v) is 6.07. The number of carbonyl (C=O) groups is 2. The number of carbonyl (C=O) groups excluding carboxylic acids is 2. The summed E-state index contributed by atoms with van der Waals surface area (Å²) in [7, 11) is 1.39. The average molecular weight is 572 g/mol. The third kappa shape index (κ3) is 6.54. The first-order valence-corrected chi connectivity index (χ1v) is 15.8. The number of H-pyrrole nitrogens is 1. The standard InChI is InChI=1S/C34H45N5O3/c1-4-6-19-38(20-7-5-2)33(40)25-13-15-29-31(23-25)39(21-11-18-37-16-9-8-10-17-37)32(36-29)28-24-35-30-22-26(34(41)42-3)12-14-27(28)30/h12-15,22-24,35H,4-11,16-21H2,1-3H3. The van der Waals surface area contributed by atoms with Gasteiger partial charge in [0.1, 0.15) is 5.82 Å². The number of benzene rings is 2. The van der Waals surface area contributed by atoms with Gasteiger partial charge >= 0.3 is 5.97 Å². The van der Waals surface area contributed by atoms with Gasteiger partial charge < -0.3 is 24.1 Å². The highest BCUT2D eigenvalue weighted by Crippen LogP contribution is 2.32.